The Morgan fingerprint density at radius 3 is 2.29 bits per heavy atom. The maximum atomic E-state index is 11.8. The molecule has 1 heterocycles. The van der Waals surface area contributed by atoms with Crippen molar-refractivity contribution in [1.82, 2.24) is 0 Å². The lowest BCUT2D eigenvalue weighted by molar-refractivity contribution is -0.148. The normalized spacial score (nSPS) is 31.3. The number of carbonyl (C=O) groups is 2. The first-order valence-corrected chi connectivity index (χ1v) is 8.51. The highest BCUT2D eigenvalue weighted by Crippen LogP contribution is 2.17. The Labute approximate surface area is 144 Å². The van der Waals surface area contributed by atoms with E-state index in [1.54, 1.807) is 20.3 Å². The fourth-order valence-electron chi connectivity index (χ4n) is 2.64. The monoisotopic (exact) mass is 342 g/mol. The second-order valence-electron chi connectivity index (χ2n) is 6.28. The molecule has 0 aromatic carbocycles. The molecule has 0 aliphatic carbocycles. The van der Waals surface area contributed by atoms with Gasteiger partial charge in [-0.1, -0.05) is 26.0 Å². The lowest BCUT2D eigenvalue weighted by Gasteiger charge is -2.23. The van der Waals surface area contributed by atoms with Crippen molar-refractivity contribution in [2.24, 2.45) is 11.8 Å². The highest BCUT2D eigenvalue weighted by Gasteiger charge is 2.21. The van der Waals surface area contributed by atoms with Crippen molar-refractivity contribution in [2.45, 2.75) is 51.7 Å². The van der Waals surface area contributed by atoms with E-state index in [1.165, 1.54) is 0 Å². The minimum absolute atomic E-state index is 0.0234. The first kappa shape index (κ1) is 20.6. The van der Waals surface area contributed by atoms with Crippen LogP contribution in [-0.4, -0.2) is 51.6 Å². The molecule has 6 heteroatoms. The Bertz CT molecular complexity index is 420. The van der Waals surface area contributed by atoms with Crippen molar-refractivity contribution in [3.05, 3.63) is 12.2 Å². The summed E-state index contributed by atoms with van der Waals surface area (Å²) in [5, 5.41) is 0. The fraction of sp³-hybridized carbons (Fsp3) is 0.778. The van der Waals surface area contributed by atoms with E-state index in [4.69, 9.17) is 18.9 Å². The molecule has 0 bridgehead atoms. The van der Waals surface area contributed by atoms with Gasteiger partial charge >= 0.3 is 11.9 Å². The zero-order chi connectivity index (χ0) is 17.9. The van der Waals surface area contributed by atoms with E-state index in [1.807, 2.05) is 19.9 Å². The van der Waals surface area contributed by atoms with E-state index >= 15 is 0 Å². The van der Waals surface area contributed by atoms with Crippen LogP contribution in [0.1, 0.15) is 39.5 Å². The fourth-order valence-corrected chi connectivity index (χ4v) is 2.64. The maximum Gasteiger partial charge on any atom is 0.309 e. The number of cyclic esters (lactones) is 2. The molecule has 0 amide bonds. The van der Waals surface area contributed by atoms with Crippen molar-refractivity contribution < 1.29 is 28.5 Å². The number of hydrogen-bond acceptors (Lipinski definition) is 6. The van der Waals surface area contributed by atoms with Gasteiger partial charge in [0, 0.05) is 26.6 Å². The third-order valence-electron chi connectivity index (χ3n) is 4.41. The molecule has 0 N–H and O–H groups in total. The molecule has 0 unspecified atom stereocenters. The molecule has 1 aliphatic rings. The van der Waals surface area contributed by atoms with Gasteiger partial charge in [-0.15, -0.1) is 0 Å². The molecule has 4 atom stereocenters. The quantitative estimate of drug-likeness (QED) is 0.567. The molecule has 0 saturated carbocycles. The minimum atomic E-state index is -0.278. The van der Waals surface area contributed by atoms with Crippen LogP contribution in [-0.2, 0) is 28.5 Å². The van der Waals surface area contributed by atoms with Crippen LogP contribution in [0.15, 0.2) is 12.2 Å². The smallest absolute Gasteiger partial charge is 0.309 e. The van der Waals surface area contributed by atoms with Gasteiger partial charge in [-0.05, 0) is 18.8 Å². The number of esters is 2. The van der Waals surface area contributed by atoms with Crippen LogP contribution in [0.5, 0.6) is 0 Å². The molecule has 0 aromatic rings. The van der Waals surface area contributed by atoms with Crippen molar-refractivity contribution in [3.8, 4) is 0 Å². The standard InChI is InChI=1S/C18H30O6/c1-13-7-5-9-17(19)24-12-16(22-4)14(2)8-6-10-18(20)23-11-15(13)21-3/h5,7,13-16H,6,8-12H2,1-4H3/t13-,14-,15-,16-/m0/s1. The molecular formula is C18H30O6. The summed E-state index contributed by atoms with van der Waals surface area (Å²) >= 11 is 0. The van der Waals surface area contributed by atoms with Crippen LogP contribution < -0.4 is 0 Å². The summed E-state index contributed by atoms with van der Waals surface area (Å²) in [6.07, 6.45) is 5.32. The maximum absolute atomic E-state index is 11.8. The first-order valence-electron chi connectivity index (χ1n) is 8.51. The van der Waals surface area contributed by atoms with Crippen LogP contribution in [0, 0.1) is 11.8 Å². The molecule has 0 fully saturated rings. The molecule has 0 saturated heterocycles. The lowest BCUT2D eigenvalue weighted by atomic mass is 9.98. The summed E-state index contributed by atoms with van der Waals surface area (Å²) in [5.74, 6) is -0.283. The summed E-state index contributed by atoms with van der Waals surface area (Å²) in [4.78, 5) is 23.7. The Morgan fingerprint density at radius 1 is 1.00 bits per heavy atom. The van der Waals surface area contributed by atoms with E-state index in [-0.39, 0.29) is 55.6 Å². The Morgan fingerprint density at radius 2 is 1.62 bits per heavy atom. The van der Waals surface area contributed by atoms with Crippen molar-refractivity contribution in [2.75, 3.05) is 27.4 Å². The Hall–Kier alpha value is -1.40. The van der Waals surface area contributed by atoms with Gasteiger partial charge in [-0.3, -0.25) is 9.59 Å². The van der Waals surface area contributed by atoms with Crippen LogP contribution in [0.4, 0.5) is 0 Å². The second kappa shape index (κ2) is 11.2. The van der Waals surface area contributed by atoms with Gasteiger partial charge in [-0.25, -0.2) is 0 Å². The average Bonchev–Trinajstić information content (AvgIpc) is 2.55. The molecular weight excluding hydrogens is 312 g/mol. The SMILES string of the molecule is CO[C@H]1COC(=O)CCC[C@H](C)[C@@H](OC)COC(=O)CC=C[C@@H]1C. The number of hydrogen-bond donors (Lipinski definition) is 0. The topological polar surface area (TPSA) is 71.1 Å². The summed E-state index contributed by atoms with van der Waals surface area (Å²) in [6.45, 7) is 4.42. The molecule has 1 rings (SSSR count). The largest absolute Gasteiger partial charge is 0.463 e. The van der Waals surface area contributed by atoms with Crippen LogP contribution in [0.3, 0.4) is 0 Å². The number of rotatable bonds is 2. The van der Waals surface area contributed by atoms with Gasteiger partial charge < -0.3 is 18.9 Å². The van der Waals surface area contributed by atoms with E-state index in [9.17, 15) is 9.59 Å². The van der Waals surface area contributed by atoms with Crippen molar-refractivity contribution in [1.29, 1.82) is 0 Å². The van der Waals surface area contributed by atoms with Gasteiger partial charge in [0.2, 0.25) is 0 Å². The highest BCUT2D eigenvalue weighted by molar-refractivity contribution is 5.71. The zero-order valence-electron chi connectivity index (χ0n) is 15.2. The van der Waals surface area contributed by atoms with E-state index < -0.39 is 0 Å². The molecule has 138 valence electrons. The third kappa shape index (κ3) is 7.45. The van der Waals surface area contributed by atoms with Gasteiger partial charge in [0.15, 0.2) is 0 Å². The Balaban J connectivity index is 2.73. The summed E-state index contributed by atoms with van der Waals surface area (Å²) in [5.41, 5.74) is 0. The summed E-state index contributed by atoms with van der Waals surface area (Å²) in [6, 6.07) is 0. The molecule has 0 radical (unpaired) electrons. The Kier molecular flexibility index (Phi) is 9.64. The second-order valence-corrected chi connectivity index (χ2v) is 6.28. The predicted octanol–water partition coefficient (Wildman–Crippen LogP) is 2.51. The molecule has 6 nitrogen and oxygen atoms in total. The van der Waals surface area contributed by atoms with Gasteiger partial charge in [0.1, 0.15) is 13.2 Å². The van der Waals surface area contributed by atoms with Gasteiger partial charge in [-0.2, -0.15) is 0 Å². The molecule has 0 spiro atoms. The predicted molar refractivity (Wildman–Crippen MR) is 89.4 cm³/mol. The van der Waals surface area contributed by atoms with Gasteiger partial charge in [0.05, 0.1) is 18.6 Å². The average molecular weight is 342 g/mol. The minimum Gasteiger partial charge on any atom is -0.463 e. The molecule has 0 aromatic heterocycles. The van der Waals surface area contributed by atoms with Crippen LogP contribution in [0.2, 0.25) is 0 Å². The highest BCUT2D eigenvalue weighted by atomic mass is 16.6. The lowest BCUT2D eigenvalue weighted by Crippen LogP contribution is -2.28. The number of carbonyl (C=O) groups excluding carboxylic acids is 2. The third-order valence-corrected chi connectivity index (χ3v) is 4.41. The van der Waals surface area contributed by atoms with E-state index in [2.05, 4.69) is 0 Å². The number of ether oxygens (including phenoxy) is 4. The van der Waals surface area contributed by atoms with E-state index in [0.29, 0.717) is 12.8 Å². The molecule has 1 aliphatic heterocycles. The van der Waals surface area contributed by atoms with E-state index in [0.717, 1.165) is 6.42 Å². The van der Waals surface area contributed by atoms with Gasteiger partial charge in [0.25, 0.3) is 0 Å². The van der Waals surface area contributed by atoms with Crippen molar-refractivity contribution in [3.63, 3.8) is 0 Å². The number of methoxy groups -OCH3 is 2. The summed E-state index contributed by atoms with van der Waals surface area (Å²) < 4.78 is 21.4. The molecule has 24 heavy (non-hydrogen) atoms. The summed E-state index contributed by atoms with van der Waals surface area (Å²) in [7, 11) is 3.19. The van der Waals surface area contributed by atoms with Crippen LogP contribution >= 0.6 is 0 Å². The van der Waals surface area contributed by atoms with Crippen molar-refractivity contribution >= 4 is 11.9 Å². The zero-order valence-corrected chi connectivity index (χ0v) is 15.2. The first-order chi connectivity index (χ1) is 11.5. The van der Waals surface area contributed by atoms with Crippen LogP contribution in [0.25, 0.3) is 0 Å².